The third-order valence-corrected chi connectivity index (χ3v) is 2.17. The summed E-state index contributed by atoms with van der Waals surface area (Å²) in [6.07, 6.45) is 5.18. The number of nitrogens with two attached hydrogens (primary N) is 1. The van der Waals surface area contributed by atoms with Crippen LogP contribution in [0.1, 0.15) is 39.5 Å². The maximum Gasteiger partial charge on any atom is -0.00459 e. The molecule has 0 aromatic rings. The molecular formula is C10H24N2. The van der Waals surface area contributed by atoms with Crippen molar-refractivity contribution in [2.24, 2.45) is 11.7 Å². The lowest BCUT2D eigenvalue weighted by atomic mass is 10.1. The zero-order chi connectivity index (χ0) is 9.23. The molecule has 0 rings (SSSR count). The Hall–Kier alpha value is -0.0800. The Labute approximate surface area is 76.9 Å². The molecule has 3 N–H and O–H groups in total. The van der Waals surface area contributed by atoms with Crippen molar-refractivity contribution in [1.29, 1.82) is 0 Å². The van der Waals surface area contributed by atoms with Crippen molar-refractivity contribution in [3.8, 4) is 0 Å². The van der Waals surface area contributed by atoms with Gasteiger partial charge in [-0.15, -0.1) is 0 Å². The van der Waals surface area contributed by atoms with Crippen molar-refractivity contribution < 1.29 is 0 Å². The van der Waals surface area contributed by atoms with E-state index in [4.69, 9.17) is 5.73 Å². The molecular weight excluding hydrogens is 148 g/mol. The van der Waals surface area contributed by atoms with E-state index in [1.807, 2.05) is 0 Å². The second-order valence-corrected chi connectivity index (χ2v) is 3.59. The lowest BCUT2D eigenvalue weighted by molar-refractivity contribution is 0.502. The Morgan fingerprint density at radius 1 is 1.25 bits per heavy atom. The highest BCUT2D eigenvalue weighted by Gasteiger charge is 1.96. The van der Waals surface area contributed by atoms with Crippen molar-refractivity contribution in [3.63, 3.8) is 0 Å². The average Bonchev–Trinajstić information content (AvgIpc) is 2.10. The van der Waals surface area contributed by atoms with Gasteiger partial charge in [-0.2, -0.15) is 0 Å². The van der Waals surface area contributed by atoms with Crippen LogP contribution in [0.15, 0.2) is 0 Å². The van der Waals surface area contributed by atoms with Gasteiger partial charge in [-0.25, -0.2) is 0 Å². The third-order valence-electron chi connectivity index (χ3n) is 2.17. The summed E-state index contributed by atoms with van der Waals surface area (Å²) in [5, 5.41) is 3.43. The van der Waals surface area contributed by atoms with Gasteiger partial charge in [0.05, 0.1) is 0 Å². The summed E-state index contributed by atoms with van der Waals surface area (Å²) in [6, 6.07) is 0. The quantitative estimate of drug-likeness (QED) is 0.547. The van der Waals surface area contributed by atoms with Gasteiger partial charge in [0.15, 0.2) is 0 Å². The molecule has 0 heterocycles. The number of unbranched alkanes of at least 4 members (excludes halogenated alkanes) is 2. The molecule has 12 heavy (non-hydrogen) atoms. The Bertz CT molecular complexity index is 83.9. The fraction of sp³-hybridized carbons (Fsp3) is 1.00. The van der Waals surface area contributed by atoms with Crippen LogP contribution in [-0.2, 0) is 0 Å². The van der Waals surface area contributed by atoms with Crippen molar-refractivity contribution in [1.82, 2.24) is 5.32 Å². The first-order valence-corrected chi connectivity index (χ1v) is 5.22. The average molecular weight is 172 g/mol. The minimum atomic E-state index is 0.670. The van der Waals surface area contributed by atoms with Crippen molar-refractivity contribution in [2.45, 2.75) is 39.5 Å². The van der Waals surface area contributed by atoms with Crippen LogP contribution in [-0.4, -0.2) is 19.6 Å². The summed E-state index contributed by atoms with van der Waals surface area (Å²) in [5.41, 5.74) is 5.51. The van der Waals surface area contributed by atoms with Gasteiger partial charge in [0.25, 0.3) is 0 Å². The molecule has 0 saturated heterocycles. The maximum absolute atomic E-state index is 5.51. The van der Waals surface area contributed by atoms with E-state index in [0.29, 0.717) is 5.92 Å². The second kappa shape index (κ2) is 9.01. The molecule has 1 atom stereocenters. The molecule has 0 fully saturated rings. The molecule has 1 unspecified atom stereocenters. The summed E-state index contributed by atoms with van der Waals surface area (Å²) >= 11 is 0. The molecule has 2 nitrogen and oxygen atoms in total. The molecule has 0 aromatic heterocycles. The molecule has 0 aliphatic carbocycles. The zero-order valence-electron chi connectivity index (χ0n) is 8.60. The predicted molar refractivity (Wildman–Crippen MR) is 55.2 cm³/mol. The van der Waals surface area contributed by atoms with E-state index < -0.39 is 0 Å². The zero-order valence-corrected chi connectivity index (χ0v) is 8.60. The second-order valence-electron chi connectivity index (χ2n) is 3.59. The lowest BCUT2D eigenvalue weighted by Crippen LogP contribution is -2.21. The van der Waals surface area contributed by atoms with Crippen LogP contribution in [0.5, 0.6) is 0 Å². The van der Waals surface area contributed by atoms with E-state index in [2.05, 4.69) is 19.2 Å². The van der Waals surface area contributed by atoms with Crippen LogP contribution < -0.4 is 11.1 Å². The van der Waals surface area contributed by atoms with Crippen molar-refractivity contribution in [3.05, 3.63) is 0 Å². The molecule has 0 aliphatic heterocycles. The minimum Gasteiger partial charge on any atom is -0.330 e. The molecule has 0 aliphatic rings. The van der Waals surface area contributed by atoms with Crippen LogP contribution in [0.3, 0.4) is 0 Å². The number of hydrogen-bond acceptors (Lipinski definition) is 2. The van der Waals surface area contributed by atoms with E-state index in [0.717, 1.165) is 13.1 Å². The van der Waals surface area contributed by atoms with E-state index in [9.17, 15) is 0 Å². The Morgan fingerprint density at radius 2 is 2.00 bits per heavy atom. The summed E-state index contributed by atoms with van der Waals surface area (Å²) in [6.45, 7) is 7.55. The van der Waals surface area contributed by atoms with E-state index in [-0.39, 0.29) is 0 Å². The first-order chi connectivity index (χ1) is 5.81. The highest BCUT2D eigenvalue weighted by molar-refractivity contribution is 4.55. The number of nitrogens with one attached hydrogen (secondary N) is 1. The van der Waals surface area contributed by atoms with Gasteiger partial charge in [0, 0.05) is 0 Å². The van der Waals surface area contributed by atoms with E-state index in [1.165, 1.54) is 32.2 Å². The Kier molecular flexibility index (Phi) is 8.95. The topological polar surface area (TPSA) is 38.0 Å². The Balaban J connectivity index is 2.90. The fourth-order valence-corrected chi connectivity index (χ4v) is 1.09. The monoisotopic (exact) mass is 172 g/mol. The van der Waals surface area contributed by atoms with Gasteiger partial charge in [-0.1, -0.05) is 26.7 Å². The largest absolute Gasteiger partial charge is 0.330 e. The van der Waals surface area contributed by atoms with Gasteiger partial charge in [-0.05, 0) is 38.4 Å². The van der Waals surface area contributed by atoms with Gasteiger partial charge in [0.2, 0.25) is 0 Å². The van der Waals surface area contributed by atoms with Gasteiger partial charge in [0.1, 0.15) is 0 Å². The van der Waals surface area contributed by atoms with Crippen LogP contribution in [0.4, 0.5) is 0 Å². The SMILES string of the molecule is CCCCCNCCC(C)CN. The van der Waals surface area contributed by atoms with Crippen LogP contribution in [0.2, 0.25) is 0 Å². The third kappa shape index (κ3) is 8.02. The summed E-state index contributed by atoms with van der Waals surface area (Å²) in [5.74, 6) is 0.670. The highest BCUT2D eigenvalue weighted by atomic mass is 14.8. The van der Waals surface area contributed by atoms with Crippen LogP contribution >= 0.6 is 0 Å². The molecule has 0 saturated carbocycles. The summed E-state index contributed by atoms with van der Waals surface area (Å²) < 4.78 is 0. The van der Waals surface area contributed by atoms with Crippen molar-refractivity contribution in [2.75, 3.05) is 19.6 Å². The van der Waals surface area contributed by atoms with Crippen LogP contribution in [0.25, 0.3) is 0 Å². The molecule has 0 bridgehead atoms. The number of rotatable bonds is 8. The van der Waals surface area contributed by atoms with Gasteiger partial charge in [-0.3, -0.25) is 0 Å². The maximum atomic E-state index is 5.51. The normalized spacial score (nSPS) is 13.2. The smallest absolute Gasteiger partial charge is 0.00459 e. The standard InChI is InChI=1S/C10H24N2/c1-3-4-5-7-12-8-6-10(2)9-11/h10,12H,3-9,11H2,1-2H3. The fourth-order valence-electron chi connectivity index (χ4n) is 1.09. The molecule has 0 amide bonds. The molecule has 0 radical (unpaired) electrons. The predicted octanol–water partition coefficient (Wildman–Crippen LogP) is 1.75. The first-order valence-electron chi connectivity index (χ1n) is 5.22. The minimum absolute atomic E-state index is 0.670. The number of hydrogen-bond donors (Lipinski definition) is 2. The summed E-state index contributed by atoms with van der Waals surface area (Å²) in [4.78, 5) is 0. The van der Waals surface area contributed by atoms with E-state index >= 15 is 0 Å². The molecule has 2 heteroatoms. The first kappa shape index (κ1) is 11.9. The Morgan fingerprint density at radius 3 is 2.58 bits per heavy atom. The van der Waals surface area contributed by atoms with E-state index in [1.54, 1.807) is 0 Å². The molecule has 74 valence electrons. The summed E-state index contributed by atoms with van der Waals surface area (Å²) in [7, 11) is 0. The molecule has 0 spiro atoms. The highest BCUT2D eigenvalue weighted by Crippen LogP contribution is 1.96. The lowest BCUT2D eigenvalue weighted by Gasteiger charge is -2.08. The van der Waals surface area contributed by atoms with Crippen LogP contribution in [0, 0.1) is 5.92 Å². The van der Waals surface area contributed by atoms with Crippen molar-refractivity contribution >= 4 is 0 Å². The van der Waals surface area contributed by atoms with Gasteiger partial charge >= 0.3 is 0 Å². The van der Waals surface area contributed by atoms with Gasteiger partial charge < -0.3 is 11.1 Å². The molecule has 0 aromatic carbocycles.